The molecule has 0 atom stereocenters. The third kappa shape index (κ3) is 3.76. The zero-order valence-electron chi connectivity index (χ0n) is 13.0. The fourth-order valence-corrected chi connectivity index (χ4v) is 2.44. The number of aromatic amines is 2. The lowest BCUT2D eigenvalue weighted by Crippen LogP contribution is -2.16. The van der Waals surface area contributed by atoms with Crippen LogP contribution in [-0.2, 0) is 6.42 Å². The van der Waals surface area contributed by atoms with Crippen molar-refractivity contribution in [3.05, 3.63) is 50.1 Å². The van der Waals surface area contributed by atoms with E-state index in [4.69, 9.17) is 21.7 Å². The molecule has 0 amide bonds. The third-order valence-electron chi connectivity index (χ3n) is 3.33. The fraction of sp³-hybridized carbons (Fsp3) is 0.375. The molecule has 22 heavy (non-hydrogen) atoms. The molecule has 118 valence electrons. The molecule has 0 saturated heterocycles. The number of benzene rings is 1. The second kappa shape index (κ2) is 7.26. The van der Waals surface area contributed by atoms with Crippen molar-refractivity contribution in [2.24, 2.45) is 0 Å². The number of nitrogens with one attached hydrogen (secondary N) is 2. The molecule has 1 heterocycles. The Morgan fingerprint density at radius 1 is 1.23 bits per heavy atom. The van der Waals surface area contributed by atoms with Gasteiger partial charge in [0.1, 0.15) is 0 Å². The van der Waals surface area contributed by atoms with Crippen molar-refractivity contribution < 1.29 is 9.47 Å². The van der Waals surface area contributed by atoms with Gasteiger partial charge in [-0.05, 0) is 43.3 Å². The van der Waals surface area contributed by atoms with Gasteiger partial charge in [-0.15, -0.1) is 0 Å². The largest absolute Gasteiger partial charge is 0.493 e. The van der Waals surface area contributed by atoms with Gasteiger partial charge in [0.05, 0.1) is 13.7 Å². The number of aryl methyl sites for hydroxylation is 1. The van der Waals surface area contributed by atoms with Crippen molar-refractivity contribution in [3.63, 3.8) is 0 Å². The molecule has 5 nitrogen and oxygen atoms in total. The van der Waals surface area contributed by atoms with Gasteiger partial charge in [-0.25, -0.2) is 0 Å². The minimum absolute atomic E-state index is 0.161. The van der Waals surface area contributed by atoms with E-state index in [-0.39, 0.29) is 5.56 Å². The molecular formula is C16H20N2O3S. The first kappa shape index (κ1) is 16.3. The Morgan fingerprint density at radius 2 is 2.00 bits per heavy atom. The van der Waals surface area contributed by atoms with Crippen molar-refractivity contribution in [2.45, 2.75) is 26.7 Å². The Hall–Kier alpha value is -2.08. The smallest absolute Gasteiger partial charge is 0.255 e. The molecule has 2 rings (SSSR count). The normalized spacial score (nSPS) is 10.5. The number of aromatic nitrogens is 2. The van der Waals surface area contributed by atoms with Crippen LogP contribution < -0.4 is 15.0 Å². The molecule has 2 N–H and O–H groups in total. The van der Waals surface area contributed by atoms with Gasteiger partial charge in [0.15, 0.2) is 16.3 Å². The summed E-state index contributed by atoms with van der Waals surface area (Å²) in [5.74, 6) is 1.38. The van der Waals surface area contributed by atoms with Crippen molar-refractivity contribution in [2.75, 3.05) is 13.7 Å². The second-order valence-corrected chi connectivity index (χ2v) is 5.43. The molecule has 0 aliphatic carbocycles. The predicted molar refractivity (Wildman–Crippen MR) is 88.6 cm³/mol. The maximum absolute atomic E-state index is 12.0. The summed E-state index contributed by atoms with van der Waals surface area (Å²) in [4.78, 5) is 17.6. The molecule has 0 unspecified atom stereocenters. The van der Waals surface area contributed by atoms with E-state index in [0.29, 0.717) is 34.9 Å². The van der Waals surface area contributed by atoms with Gasteiger partial charge in [-0.2, -0.15) is 0 Å². The minimum atomic E-state index is -0.161. The van der Waals surface area contributed by atoms with Gasteiger partial charge >= 0.3 is 0 Å². The predicted octanol–water partition coefficient (Wildman–Crippen LogP) is 3.13. The van der Waals surface area contributed by atoms with Gasteiger partial charge in [0.25, 0.3) is 5.56 Å². The van der Waals surface area contributed by atoms with E-state index in [1.54, 1.807) is 7.11 Å². The Balaban J connectivity index is 2.31. The first-order valence-corrected chi connectivity index (χ1v) is 7.57. The summed E-state index contributed by atoms with van der Waals surface area (Å²) in [5, 5.41) is 0. The van der Waals surface area contributed by atoms with Crippen molar-refractivity contribution in [1.29, 1.82) is 0 Å². The van der Waals surface area contributed by atoms with Crippen LogP contribution in [-0.4, -0.2) is 23.7 Å². The average molecular weight is 320 g/mol. The Bertz CT molecular complexity index is 765. The summed E-state index contributed by atoms with van der Waals surface area (Å²) in [6.07, 6.45) is 1.43. The Morgan fingerprint density at radius 3 is 2.64 bits per heavy atom. The van der Waals surface area contributed by atoms with Gasteiger partial charge in [0, 0.05) is 17.7 Å². The van der Waals surface area contributed by atoms with Gasteiger partial charge in [0.2, 0.25) is 0 Å². The summed E-state index contributed by atoms with van der Waals surface area (Å²) in [6.45, 7) is 4.54. The molecule has 0 radical (unpaired) electrons. The van der Waals surface area contributed by atoms with Crippen LogP contribution in [0.25, 0.3) is 0 Å². The van der Waals surface area contributed by atoms with Crippen LogP contribution in [0.1, 0.15) is 30.2 Å². The van der Waals surface area contributed by atoms with Gasteiger partial charge in [-0.3, -0.25) is 9.78 Å². The Labute approximate surface area is 134 Å². The van der Waals surface area contributed by atoms with E-state index in [9.17, 15) is 4.79 Å². The first-order valence-electron chi connectivity index (χ1n) is 7.17. The van der Waals surface area contributed by atoms with Gasteiger partial charge < -0.3 is 14.5 Å². The summed E-state index contributed by atoms with van der Waals surface area (Å²) in [5.41, 5.74) is 2.25. The first-order chi connectivity index (χ1) is 10.5. The summed E-state index contributed by atoms with van der Waals surface area (Å²) in [7, 11) is 1.61. The summed E-state index contributed by atoms with van der Waals surface area (Å²) >= 11 is 4.96. The molecule has 0 aliphatic heterocycles. The van der Waals surface area contributed by atoms with E-state index in [2.05, 4.69) is 16.9 Å². The highest BCUT2D eigenvalue weighted by molar-refractivity contribution is 7.71. The quantitative estimate of drug-likeness (QED) is 0.803. The lowest BCUT2D eigenvalue weighted by Gasteiger charge is -2.12. The van der Waals surface area contributed by atoms with Crippen molar-refractivity contribution in [1.82, 2.24) is 9.97 Å². The molecule has 0 saturated carbocycles. The SMILES string of the molecule is CCCOc1ccc(Cc2c(C)[nH]c(=S)[nH]c2=O)cc1OC. The van der Waals surface area contributed by atoms with Crippen LogP contribution in [0.4, 0.5) is 0 Å². The standard InChI is InChI=1S/C16H20N2O3S/c1-4-7-21-13-6-5-11(9-14(13)20-3)8-12-10(2)17-16(22)18-15(12)19/h5-6,9H,4,7-8H2,1-3H3,(H2,17,18,19,22). The minimum Gasteiger partial charge on any atom is -0.493 e. The van der Waals surface area contributed by atoms with Crippen molar-refractivity contribution in [3.8, 4) is 11.5 Å². The number of methoxy groups -OCH3 is 1. The van der Waals surface area contributed by atoms with Crippen LogP contribution in [0.3, 0.4) is 0 Å². The highest BCUT2D eigenvalue weighted by atomic mass is 32.1. The average Bonchev–Trinajstić information content (AvgIpc) is 2.49. The molecule has 0 aliphatic rings. The molecule has 0 spiro atoms. The lowest BCUT2D eigenvalue weighted by atomic mass is 10.0. The van der Waals surface area contributed by atoms with Crippen LogP contribution >= 0.6 is 12.2 Å². The number of ether oxygens (including phenoxy) is 2. The van der Waals surface area contributed by atoms with Crippen molar-refractivity contribution >= 4 is 12.2 Å². The van der Waals surface area contributed by atoms with Crippen LogP contribution in [0.5, 0.6) is 11.5 Å². The zero-order chi connectivity index (χ0) is 16.1. The number of hydrogen-bond donors (Lipinski definition) is 2. The lowest BCUT2D eigenvalue weighted by molar-refractivity contribution is 0.294. The van der Waals surface area contributed by atoms with E-state index in [0.717, 1.165) is 17.7 Å². The number of hydrogen-bond acceptors (Lipinski definition) is 4. The maximum atomic E-state index is 12.0. The van der Waals surface area contributed by atoms with E-state index < -0.39 is 0 Å². The molecule has 2 aromatic rings. The number of rotatable bonds is 6. The fourth-order valence-electron chi connectivity index (χ4n) is 2.20. The topological polar surface area (TPSA) is 67.1 Å². The molecule has 1 aromatic heterocycles. The third-order valence-corrected chi connectivity index (χ3v) is 3.53. The summed E-state index contributed by atoms with van der Waals surface area (Å²) < 4.78 is 11.3. The number of H-pyrrole nitrogens is 2. The molecule has 0 fully saturated rings. The van der Waals surface area contributed by atoms with E-state index >= 15 is 0 Å². The highest BCUT2D eigenvalue weighted by Crippen LogP contribution is 2.29. The maximum Gasteiger partial charge on any atom is 0.255 e. The van der Waals surface area contributed by atoms with Gasteiger partial charge in [-0.1, -0.05) is 13.0 Å². The highest BCUT2D eigenvalue weighted by Gasteiger charge is 2.10. The molecule has 1 aromatic carbocycles. The van der Waals surface area contributed by atoms with Crippen LogP contribution in [0.2, 0.25) is 0 Å². The molecule has 6 heteroatoms. The molecular weight excluding hydrogens is 300 g/mol. The summed E-state index contributed by atoms with van der Waals surface area (Å²) in [6, 6.07) is 5.71. The monoisotopic (exact) mass is 320 g/mol. The Kier molecular flexibility index (Phi) is 5.38. The van der Waals surface area contributed by atoms with Crippen LogP contribution in [0.15, 0.2) is 23.0 Å². The zero-order valence-corrected chi connectivity index (χ0v) is 13.8. The van der Waals surface area contributed by atoms with E-state index in [1.165, 1.54) is 0 Å². The van der Waals surface area contributed by atoms with Crippen LogP contribution in [0, 0.1) is 11.7 Å². The molecule has 0 bridgehead atoms. The van der Waals surface area contributed by atoms with E-state index in [1.807, 2.05) is 25.1 Å². The second-order valence-electron chi connectivity index (χ2n) is 5.02.